The van der Waals surface area contributed by atoms with Gasteiger partial charge in [0.2, 0.25) is 5.91 Å². The molecule has 1 spiro atoms. The number of nitrogens with one attached hydrogen (secondary N) is 1. The molecule has 3 rings (SSSR count). The summed E-state index contributed by atoms with van der Waals surface area (Å²) in [5.74, 6) is -0.0330. The van der Waals surface area contributed by atoms with Crippen LogP contribution < -0.4 is 5.32 Å². The van der Waals surface area contributed by atoms with E-state index in [2.05, 4.69) is 10.1 Å². The summed E-state index contributed by atoms with van der Waals surface area (Å²) in [6, 6.07) is 1.92. The maximum atomic E-state index is 12.4. The third-order valence-corrected chi connectivity index (χ3v) is 4.45. The van der Waals surface area contributed by atoms with E-state index in [1.165, 1.54) is 11.3 Å². The zero-order valence-corrected chi connectivity index (χ0v) is 12.0. The van der Waals surface area contributed by atoms with E-state index in [0.717, 1.165) is 18.4 Å². The molecule has 1 aromatic rings. The SMILES string of the molecule is O=C1N(CCOCC(F)(F)F)C(c2ccsc2)NC12CC2. The van der Waals surface area contributed by atoms with Crippen molar-refractivity contribution in [3.63, 3.8) is 0 Å². The summed E-state index contributed by atoms with van der Waals surface area (Å²) < 4.78 is 40.8. The van der Waals surface area contributed by atoms with E-state index in [4.69, 9.17) is 0 Å². The molecule has 1 saturated heterocycles. The molecule has 8 heteroatoms. The topological polar surface area (TPSA) is 41.6 Å². The molecule has 1 aromatic heterocycles. The highest BCUT2D eigenvalue weighted by molar-refractivity contribution is 7.07. The van der Waals surface area contributed by atoms with Crippen molar-refractivity contribution < 1.29 is 22.7 Å². The van der Waals surface area contributed by atoms with E-state index < -0.39 is 18.3 Å². The van der Waals surface area contributed by atoms with Crippen molar-refractivity contribution in [1.82, 2.24) is 10.2 Å². The number of rotatable bonds is 5. The highest BCUT2D eigenvalue weighted by Gasteiger charge is 2.59. The van der Waals surface area contributed by atoms with Crippen LogP contribution in [-0.4, -0.2) is 42.3 Å². The van der Waals surface area contributed by atoms with Crippen LogP contribution >= 0.6 is 11.3 Å². The average Bonchev–Trinajstić information content (AvgIpc) is 2.89. The van der Waals surface area contributed by atoms with Gasteiger partial charge >= 0.3 is 6.18 Å². The van der Waals surface area contributed by atoms with Crippen LogP contribution in [0.15, 0.2) is 16.8 Å². The third-order valence-electron chi connectivity index (χ3n) is 3.75. The number of hydrogen-bond acceptors (Lipinski definition) is 4. The zero-order valence-electron chi connectivity index (χ0n) is 11.2. The molecule has 4 nitrogen and oxygen atoms in total. The van der Waals surface area contributed by atoms with E-state index in [0.29, 0.717) is 0 Å². The molecule has 21 heavy (non-hydrogen) atoms. The summed E-state index contributed by atoms with van der Waals surface area (Å²) >= 11 is 1.52. The lowest BCUT2D eigenvalue weighted by molar-refractivity contribution is -0.175. The number of halogens is 3. The molecule has 0 aromatic carbocycles. The van der Waals surface area contributed by atoms with Gasteiger partial charge in [0.05, 0.1) is 6.61 Å². The maximum absolute atomic E-state index is 12.4. The first-order valence-corrected chi connectivity index (χ1v) is 7.61. The number of carbonyl (C=O) groups excluding carboxylic acids is 1. The predicted molar refractivity (Wildman–Crippen MR) is 70.7 cm³/mol. The predicted octanol–water partition coefficient (Wildman–Crippen LogP) is 2.29. The smallest absolute Gasteiger partial charge is 0.370 e. The lowest BCUT2D eigenvalue weighted by Gasteiger charge is -2.23. The van der Waals surface area contributed by atoms with Crippen LogP contribution in [0.3, 0.4) is 0 Å². The number of ether oxygens (including phenoxy) is 1. The molecule has 0 radical (unpaired) electrons. The number of carbonyl (C=O) groups is 1. The Morgan fingerprint density at radius 2 is 2.24 bits per heavy atom. The van der Waals surface area contributed by atoms with Crippen molar-refractivity contribution in [2.24, 2.45) is 0 Å². The van der Waals surface area contributed by atoms with Crippen molar-refractivity contribution in [3.8, 4) is 0 Å². The minimum Gasteiger partial charge on any atom is -0.370 e. The largest absolute Gasteiger partial charge is 0.411 e. The van der Waals surface area contributed by atoms with Gasteiger partial charge in [-0.25, -0.2) is 0 Å². The zero-order chi connectivity index (χ0) is 15.1. The first kappa shape index (κ1) is 14.8. The second-order valence-corrected chi connectivity index (χ2v) is 6.13. The Bertz CT molecular complexity index is 514. The van der Waals surface area contributed by atoms with Gasteiger partial charge in [0.1, 0.15) is 18.3 Å². The molecule has 1 aliphatic heterocycles. The van der Waals surface area contributed by atoms with Gasteiger partial charge < -0.3 is 9.64 Å². The monoisotopic (exact) mass is 320 g/mol. The summed E-state index contributed by atoms with van der Waals surface area (Å²) in [6.07, 6.45) is -3.03. The van der Waals surface area contributed by atoms with Gasteiger partial charge in [-0.15, -0.1) is 0 Å². The van der Waals surface area contributed by atoms with Crippen molar-refractivity contribution in [1.29, 1.82) is 0 Å². The fourth-order valence-electron chi connectivity index (χ4n) is 2.55. The molecule has 0 bridgehead atoms. The maximum Gasteiger partial charge on any atom is 0.411 e. The van der Waals surface area contributed by atoms with Gasteiger partial charge in [0, 0.05) is 6.54 Å². The molecular weight excluding hydrogens is 305 g/mol. The molecule has 2 fully saturated rings. The molecule has 1 unspecified atom stereocenters. The first-order valence-electron chi connectivity index (χ1n) is 6.67. The van der Waals surface area contributed by atoms with E-state index in [1.807, 2.05) is 16.8 Å². The Hall–Kier alpha value is -1.12. The summed E-state index contributed by atoms with van der Waals surface area (Å²) in [5.41, 5.74) is 0.476. The van der Waals surface area contributed by atoms with Crippen molar-refractivity contribution in [2.75, 3.05) is 19.8 Å². The number of nitrogens with zero attached hydrogens (tertiary/aromatic N) is 1. The minimum atomic E-state index is -4.34. The van der Waals surface area contributed by atoms with Gasteiger partial charge in [-0.2, -0.15) is 24.5 Å². The number of hydrogen-bond donors (Lipinski definition) is 1. The molecular formula is C13H15F3N2O2S. The Labute approximate surface area is 123 Å². The lowest BCUT2D eigenvalue weighted by atomic mass is 10.2. The summed E-state index contributed by atoms with van der Waals surface area (Å²) in [4.78, 5) is 14.0. The van der Waals surface area contributed by atoms with Crippen molar-refractivity contribution in [3.05, 3.63) is 22.4 Å². The molecule has 1 saturated carbocycles. The number of thiophene rings is 1. The fraction of sp³-hybridized carbons (Fsp3) is 0.615. The minimum absolute atomic E-state index is 0.0330. The van der Waals surface area contributed by atoms with Gasteiger partial charge in [-0.05, 0) is 35.2 Å². The highest BCUT2D eigenvalue weighted by Crippen LogP contribution is 2.46. The highest BCUT2D eigenvalue weighted by atomic mass is 32.1. The summed E-state index contributed by atoms with van der Waals surface area (Å²) in [6.45, 7) is -1.25. The molecule has 2 heterocycles. The van der Waals surface area contributed by atoms with Crippen LogP contribution in [0.2, 0.25) is 0 Å². The Morgan fingerprint density at radius 3 is 2.81 bits per heavy atom. The van der Waals surface area contributed by atoms with Gasteiger partial charge in [0.25, 0.3) is 0 Å². The molecule has 116 valence electrons. The van der Waals surface area contributed by atoms with E-state index >= 15 is 0 Å². The van der Waals surface area contributed by atoms with Crippen LogP contribution in [0.5, 0.6) is 0 Å². The van der Waals surface area contributed by atoms with E-state index in [-0.39, 0.29) is 25.2 Å². The van der Waals surface area contributed by atoms with Crippen LogP contribution in [0, 0.1) is 0 Å². The van der Waals surface area contributed by atoms with Crippen LogP contribution in [-0.2, 0) is 9.53 Å². The molecule has 1 amide bonds. The summed E-state index contributed by atoms with van der Waals surface area (Å²) in [7, 11) is 0. The second-order valence-electron chi connectivity index (χ2n) is 5.35. The van der Waals surface area contributed by atoms with E-state index in [1.54, 1.807) is 4.90 Å². The normalized spacial score (nSPS) is 24.0. The summed E-state index contributed by atoms with van der Waals surface area (Å²) in [5, 5.41) is 7.16. The van der Waals surface area contributed by atoms with Crippen LogP contribution in [0.1, 0.15) is 24.6 Å². The van der Waals surface area contributed by atoms with Gasteiger partial charge in [0.15, 0.2) is 0 Å². The van der Waals surface area contributed by atoms with Crippen LogP contribution in [0.4, 0.5) is 13.2 Å². The second kappa shape index (κ2) is 5.26. The fourth-order valence-corrected chi connectivity index (χ4v) is 3.23. The third kappa shape index (κ3) is 3.07. The first-order chi connectivity index (χ1) is 9.91. The Morgan fingerprint density at radius 1 is 1.48 bits per heavy atom. The van der Waals surface area contributed by atoms with Crippen molar-refractivity contribution in [2.45, 2.75) is 30.7 Å². The Kier molecular flexibility index (Phi) is 3.71. The average molecular weight is 320 g/mol. The van der Waals surface area contributed by atoms with Crippen LogP contribution in [0.25, 0.3) is 0 Å². The van der Waals surface area contributed by atoms with Gasteiger partial charge in [-0.1, -0.05) is 0 Å². The number of alkyl halides is 3. The van der Waals surface area contributed by atoms with Gasteiger partial charge in [-0.3, -0.25) is 10.1 Å². The molecule has 1 N–H and O–H groups in total. The molecule has 2 aliphatic rings. The standard InChI is InChI=1S/C13H15F3N2O2S/c14-13(15,16)8-20-5-4-18-10(9-1-6-21-7-9)17-12(2-3-12)11(18)19/h1,6-7,10,17H,2-5,8H2. The molecule has 1 atom stereocenters. The van der Waals surface area contributed by atoms with Crippen molar-refractivity contribution >= 4 is 17.2 Å². The quantitative estimate of drug-likeness (QED) is 0.847. The molecule has 1 aliphatic carbocycles. The lowest BCUT2D eigenvalue weighted by Crippen LogP contribution is -2.35. The number of amides is 1. The Balaban J connectivity index is 1.62. The van der Waals surface area contributed by atoms with E-state index in [9.17, 15) is 18.0 Å².